The molecule has 2 rings (SSSR count). The van der Waals surface area contributed by atoms with E-state index in [1.54, 1.807) is 0 Å². The van der Waals surface area contributed by atoms with Gasteiger partial charge in [0.1, 0.15) is 0 Å². The summed E-state index contributed by atoms with van der Waals surface area (Å²) in [6.45, 7) is 9.98. The Morgan fingerprint density at radius 1 is 1.21 bits per heavy atom. The molecule has 0 unspecified atom stereocenters. The van der Waals surface area contributed by atoms with Crippen molar-refractivity contribution in [2.75, 3.05) is 11.9 Å². The SMILES string of the molecule is Cc1ccc(C)c2c1NCC(C)(C)S2. The molecule has 1 aromatic rings. The molecule has 0 amide bonds. The van der Waals surface area contributed by atoms with Gasteiger partial charge in [0.15, 0.2) is 0 Å². The summed E-state index contributed by atoms with van der Waals surface area (Å²) in [6, 6.07) is 4.41. The van der Waals surface area contributed by atoms with Crippen molar-refractivity contribution >= 4 is 17.4 Å². The first-order valence-corrected chi connectivity index (χ1v) is 5.84. The topological polar surface area (TPSA) is 12.0 Å². The van der Waals surface area contributed by atoms with Crippen LogP contribution in [0.25, 0.3) is 0 Å². The minimum atomic E-state index is 0.311. The second kappa shape index (κ2) is 3.20. The molecule has 2 heteroatoms. The number of benzene rings is 1. The summed E-state index contributed by atoms with van der Waals surface area (Å²) in [6.07, 6.45) is 0. The van der Waals surface area contributed by atoms with Gasteiger partial charge in [0, 0.05) is 16.2 Å². The fourth-order valence-electron chi connectivity index (χ4n) is 1.75. The van der Waals surface area contributed by atoms with Gasteiger partial charge in [-0.1, -0.05) is 12.1 Å². The molecule has 14 heavy (non-hydrogen) atoms. The lowest BCUT2D eigenvalue weighted by Gasteiger charge is -2.33. The highest BCUT2D eigenvalue weighted by Crippen LogP contribution is 2.44. The van der Waals surface area contributed by atoms with Gasteiger partial charge >= 0.3 is 0 Å². The molecule has 1 aliphatic heterocycles. The molecule has 0 spiro atoms. The maximum Gasteiger partial charge on any atom is 0.0511 e. The summed E-state index contributed by atoms with van der Waals surface area (Å²) in [5.41, 5.74) is 4.08. The summed E-state index contributed by atoms with van der Waals surface area (Å²) in [4.78, 5) is 1.43. The maximum absolute atomic E-state index is 3.54. The first-order valence-electron chi connectivity index (χ1n) is 5.03. The van der Waals surface area contributed by atoms with Crippen molar-refractivity contribution in [2.24, 2.45) is 0 Å². The van der Waals surface area contributed by atoms with E-state index in [0.29, 0.717) is 4.75 Å². The van der Waals surface area contributed by atoms with Crippen molar-refractivity contribution < 1.29 is 0 Å². The summed E-state index contributed by atoms with van der Waals surface area (Å²) in [7, 11) is 0. The average Bonchev–Trinajstić information content (AvgIpc) is 2.10. The standard InChI is InChI=1S/C12H17NS/c1-8-5-6-9(2)11-10(8)13-7-12(3,4)14-11/h5-6,13H,7H2,1-4H3. The summed E-state index contributed by atoms with van der Waals surface area (Å²) >= 11 is 1.99. The zero-order valence-electron chi connectivity index (χ0n) is 9.27. The first-order chi connectivity index (χ1) is 6.49. The zero-order chi connectivity index (χ0) is 10.3. The smallest absolute Gasteiger partial charge is 0.0511 e. The van der Waals surface area contributed by atoms with E-state index in [2.05, 4.69) is 45.1 Å². The molecule has 0 bridgehead atoms. The molecule has 0 fully saturated rings. The monoisotopic (exact) mass is 207 g/mol. The van der Waals surface area contributed by atoms with Crippen molar-refractivity contribution in [3.8, 4) is 0 Å². The summed E-state index contributed by atoms with van der Waals surface area (Å²) < 4.78 is 0.311. The van der Waals surface area contributed by atoms with Gasteiger partial charge in [0.2, 0.25) is 0 Å². The third-order valence-corrected chi connectivity index (χ3v) is 4.06. The number of rotatable bonds is 0. The molecular formula is C12H17NS. The van der Waals surface area contributed by atoms with Crippen molar-refractivity contribution in [2.45, 2.75) is 37.3 Å². The van der Waals surface area contributed by atoms with Crippen LogP contribution in [0.5, 0.6) is 0 Å². The van der Waals surface area contributed by atoms with Crippen molar-refractivity contribution in [3.63, 3.8) is 0 Å². The van der Waals surface area contributed by atoms with Crippen LogP contribution >= 0.6 is 11.8 Å². The van der Waals surface area contributed by atoms with E-state index in [1.165, 1.54) is 21.7 Å². The van der Waals surface area contributed by atoms with Crippen molar-refractivity contribution in [3.05, 3.63) is 23.3 Å². The van der Waals surface area contributed by atoms with E-state index in [9.17, 15) is 0 Å². The molecule has 1 aromatic carbocycles. The molecule has 1 heterocycles. The van der Waals surface area contributed by atoms with Gasteiger partial charge in [0.25, 0.3) is 0 Å². The molecule has 0 atom stereocenters. The van der Waals surface area contributed by atoms with E-state index in [0.717, 1.165) is 6.54 Å². The lowest BCUT2D eigenvalue weighted by atomic mass is 10.1. The Morgan fingerprint density at radius 2 is 1.86 bits per heavy atom. The van der Waals surface area contributed by atoms with Gasteiger partial charge < -0.3 is 5.32 Å². The lowest BCUT2D eigenvalue weighted by Crippen LogP contribution is -2.30. The summed E-state index contributed by atoms with van der Waals surface area (Å²) in [5.74, 6) is 0. The van der Waals surface area contributed by atoms with E-state index < -0.39 is 0 Å². The van der Waals surface area contributed by atoms with Crippen LogP contribution in [-0.2, 0) is 0 Å². The number of nitrogens with one attached hydrogen (secondary N) is 1. The molecule has 0 radical (unpaired) electrons. The molecule has 1 nitrogen and oxygen atoms in total. The Morgan fingerprint density at radius 3 is 2.57 bits per heavy atom. The zero-order valence-corrected chi connectivity index (χ0v) is 10.1. The van der Waals surface area contributed by atoms with Crippen LogP contribution in [0.3, 0.4) is 0 Å². The molecule has 76 valence electrons. The van der Waals surface area contributed by atoms with Gasteiger partial charge in [-0.2, -0.15) is 0 Å². The Bertz CT molecular complexity index is 369. The van der Waals surface area contributed by atoms with E-state index in [4.69, 9.17) is 0 Å². The first kappa shape index (κ1) is 9.91. The van der Waals surface area contributed by atoms with Gasteiger partial charge in [-0.15, -0.1) is 11.8 Å². The Labute approximate surface area is 90.3 Å². The van der Waals surface area contributed by atoms with Crippen LogP contribution in [0, 0.1) is 13.8 Å². The minimum absolute atomic E-state index is 0.311. The van der Waals surface area contributed by atoms with Crippen LogP contribution in [0.2, 0.25) is 0 Å². The number of anilines is 1. The quantitative estimate of drug-likeness (QED) is 0.697. The fourth-order valence-corrected chi connectivity index (χ4v) is 3.01. The van der Waals surface area contributed by atoms with E-state index >= 15 is 0 Å². The number of hydrogen-bond acceptors (Lipinski definition) is 2. The van der Waals surface area contributed by atoms with Gasteiger partial charge in [0.05, 0.1) is 5.69 Å². The van der Waals surface area contributed by atoms with E-state index in [-0.39, 0.29) is 0 Å². The molecule has 0 aliphatic carbocycles. The van der Waals surface area contributed by atoms with Gasteiger partial charge in [-0.05, 0) is 38.8 Å². The van der Waals surface area contributed by atoms with E-state index in [1.807, 2.05) is 11.8 Å². The van der Waals surface area contributed by atoms with Crippen molar-refractivity contribution in [1.82, 2.24) is 0 Å². The second-order valence-electron chi connectivity index (χ2n) is 4.62. The lowest BCUT2D eigenvalue weighted by molar-refractivity contribution is 0.737. The van der Waals surface area contributed by atoms with Crippen LogP contribution in [0.1, 0.15) is 25.0 Å². The molecular weight excluding hydrogens is 190 g/mol. The highest BCUT2D eigenvalue weighted by Gasteiger charge is 2.27. The maximum atomic E-state index is 3.54. The second-order valence-corrected chi connectivity index (χ2v) is 6.34. The van der Waals surface area contributed by atoms with Crippen LogP contribution < -0.4 is 5.32 Å². The minimum Gasteiger partial charge on any atom is -0.383 e. The summed E-state index contributed by atoms with van der Waals surface area (Å²) in [5, 5.41) is 3.54. The van der Waals surface area contributed by atoms with Crippen LogP contribution in [-0.4, -0.2) is 11.3 Å². The highest BCUT2D eigenvalue weighted by molar-refractivity contribution is 8.01. The molecule has 1 aliphatic rings. The third kappa shape index (κ3) is 1.63. The predicted octanol–water partition coefficient (Wildman–Crippen LogP) is 3.60. The molecule has 1 N–H and O–H groups in total. The number of hydrogen-bond donors (Lipinski definition) is 1. The van der Waals surface area contributed by atoms with Crippen LogP contribution in [0.15, 0.2) is 17.0 Å². The molecule has 0 aromatic heterocycles. The van der Waals surface area contributed by atoms with Gasteiger partial charge in [-0.3, -0.25) is 0 Å². The van der Waals surface area contributed by atoms with Gasteiger partial charge in [-0.25, -0.2) is 0 Å². The average molecular weight is 207 g/mol. The molecule has 0 saturated carbocycles. The number of aryl methyl sites for hydroxylation is 2. The predicted molar refractivity (Wildman–Crippen MR) is 64.3 cm³/mol. The Kier molecular flexibility index (Phi) is 2.26. The highest BCUT2D eigenvalue weighted by atomic mass is 32.2. The van der Waals surface area contributed by atoms with Crippen LogP contribution in [0.4, 0.5) is 5.69 Å². The Balaban J connectivity index is 2.51. The molecule has 0 saturated heterocycles. The Hall–Kier alpha value is -0.630. The normalized spacial score (nSPS) is 18.6. The third-order valence-electron chi connectivity index (χ3n) is 2.63. The number of fused-ring (bicyclic) bond motifs is 1. The largest absolute Gasteiger partial charge is 0.383 e. The fraction of sp³-hybridized carbons (Fsp3) is 0.500. The number of thioether (sulfide) groups is 1. The van der Waals surface area contributed by atoms with Crippen molar-refractivity contribution in [1.29, 1.82) is 0 Å².